The molecule has 1 aromatic heterocycles. The molecule has 0 bridgehead atoms. The van der Waals surface area contributed by atoms with Crippen LogP contribution < -0.4 is 5.32 Å². The fraction of sp³-hybridized carbons (Fsp3) is 0.273. The van der Waals surface area contributed by atoms with Crippen LogP contribution in [0.25, 0.3) is 5.69 Å². The van der Waals surface area contributed by atoms with Crippen molar-refractivity contribution in [2.75, 3.05) is 19.8 Å². The Morgan fingerprint density at radius 2 is 1.97 bits per heavy atom. The summed E-state index contributed by atoms with van der Waals surface area (Å²) in [5.41, 5.74) is 2.49. The second-order valence-corrected chi connectivity index (χ2v) is 8.59. The van der Waals surface area contributed by atoms with Gasteiger partial charge in [0.15, 0.2) is 0 Å². The predicted octanol–water partition coefficient (Wildman–Crippen LogP) is 4.77. The van der Waals surface area contributed by atoms with E-state index in [9.17, 15) is 4.79 Å². The first kappa shape index (κ1) is 20.1. The van der Waals surface area contributed by atoms with Gasteiger partial charge in [-0.15, -0.1) is 0 Å². The molecule has 1 saturated heterocycles. The molecule has 1 aliphatic heterocycles. The van der Waals surface area contributed by atoms with Crippen LogP contribution in [0.5, 0.6) is 0 Å². The van der Waals surface area contributed by atoms with Gasteiger partial charge in [0.05, 0.1) is 16.4 Å². The number of halogens is 2. The second-order valence-electron chi connectivity index (χ2n) is 7.24. The summed E-state index contributed by atoms with van der Waals surface area (Å²) in [6.07, 6.45) is 5.29. The fourth-order valence-corrected chi connectivity index (χ4v) is 4.18. The van der Waals surface area contributed by atoms with Crippen molar-refractivity contribution in [3.8, 4) is 5.69 Å². The Labute approximate surface area is 183 Å². The van der Waals surface area contributed by atoms with Crippen molar-refractivity contribution in [1.82, 2.24) is 15.1 Å². The van der Waals surface area contributed by atoms with Crippen molar-refractivity contribution in [3.63, 3.8) is 0 Å². The number of carbonyl (C=O) groups is 1. The van der Waals surface area contributed by atoms with Crippen LogP contribution in [0.2, 0.25) is 5.02 Å². The molecule has 1 aliphatic rings. The molecule has 2 heterocycles. The zero-order valence-corrected chi connectivity index (χ0v) is 18.1. The van der Waals surface area contributed by atoms with Gasteiger partial charge in [-0.25, -0.2) is 4.68 Å². The Bertz CT molecular complexity index is 997. The Balaban J connectivity index is 1.48. The van der Waals surface area contributed by atoms with E-state index in [1.807, 2.05) is 48.7 Å². The molecule has 1 amide bonds. The van der Waals surface area contributed by atoms with Gasteiger partial charge in [0, 0.05) is 42.0 Å². The third-order valence-corrected chi connectivity index (χ3v) is 6.06. The van der Waals surface area contributed by atoms with Crippen LogP contribution in [-0.2, 0) is 10.2 Å². The van der Waals surface area contributed by atoms with E-state index in [4.69, 9.17) is 16.3 Å². The van der Waals surface area contributed by atoms with Gasteiger partial charge < -0.3 is 10.1 Å². The summed E-state index contributed by atoms with van der Waals surface area (Å²) >= 11 is 9.61. The number of amides is 1. The maximum atomic E-state index is 12.8. The van der Waals surface area contributed by atoms with E-state index in [0.29, 0.717) is 30.3 Å². The van der Waals surface area contributed by atoms with Crippen LogP contribution in [0, 0.1) is 0 Å². The molecule has 0 aliphatic carbocycles. The highest BCUT2D eigenvalue weighted by atomic mass is 79.9. The maximum absolute atomic E-state index is 12.8. The molecule has 1 N–H and O–H groups in total. The number of carbonyl (C=O) groups excluding carboxylic acids is 1. The minimum absolute atomic E-state index is 0.0916. The van der Waals surface area contributed by atoms with Crippen LogP contribution in [0.15, 0.2) is 65.4 Å². The van der Waals surface area contributed by atoms with Gasteiger partial charge in [0.2, 0.25) is 0 Å². The average molecular weight is 475 g/mol. The van der Waals surface area contributed by atoms with E-state index in [1.54, 1.807) is 10.9 Å². The van der Waals surface area contributed by atoms with E-state index in [-0.39, 0.29) is 11.3 Å². The lowest BCUT2D eigenvalue weighted by Gasteiger charge is -2.38. The molecule has 5 nitrogen and oxygen atoms in total. The quantitative estimate of drug-likeness (QED) is 0.580. The molecule has 0 unspecified atom stereocenters. The highest BCUT2D eigenvalue weighted by Crippen LogP contribution is 2.35. The van der Waals surface area contributed by atoms with Crippen molar-refractivity contribution in [1.29, 1.82) is 0 Å². The van der Waals surface area contributed by atoms with Crippen molar-refractivity contribution < 1.29 is 9.53 Å². The highest BCUT2D eigenvalue weighted by Gasteiger charge is 2.35. The van der Waals surface area contributed by atoms with Crippen LogP contribution in [-0.4, -0.2) is 35.4 Å². The summed E-state index contributed by atoms with van der Waals surface area (Å²) in [7, 11) is 0. The molecule has 0 atom stereocenters. The highest BCUT2D eigenvalue weighted by molar-refractivity contribution is 9.10. The molecule has 150 valence electrons. The number of aromatic nitrogens is 2. The van der Waals surface area contributed by atoms with Gasteiger partial charge in [-0.3, -0.25) is 4.79 Å². The van der Waals surface area contributed by atoms with Gasteiger partial charge in [0.1, 0.15) is 0 Å². The van der Waals surface area contributed by atoms with E-state index < -0.39 is 0 Å². The van der Waals surface area contributed by atoms with Crippen molar-refractivity contribution in [3.05, 3.63) is 81.5 Å². The molecular weight excluding hydrogens is 454 g/mol. The molecule has 1 fully saturated rings. The van der Waals surface area contributed by atoms with E-state index in [1.165, 1.54) is 0 Å². The zero-order valence-electron chi connectivity index (χ0n) is 15.8. The summed E-state index contributed by atoms with van der Waals surface area (Å²) < 4.78 is 8.22. The van der Waals surface area contributed by atoms with Gasteiger partial charge in [-0.1, -0.05) is 23.7 Å². The predicted molar refractivity (Wildman–Crippen MR) is 117 cm³/mol. The minimum Gasteiger partial charge on any atom is -0.381 e. The van der Waals surface area contributed by atoms with E-state index in [0.717, 1.165) is 28.6 Å². The summed E-state index contributed by atoms with van der Waals surface area (Å²) in [6.45, 7) is 1.90. The van der Waals surface area contributed by atoms with Crippen LogP contribution in [0.3, 0.4) is 0 Å². The summed E-state index contributed by atoms with van der Waals surface area (Å²) in [4.78, 5) is 12.8. The summed E-state index contributed by atoms with van der Waals surface area (Å²) in [6, 6.07) is 15.3. The van der Waals surface area contributed by atoms with Gasteiger partial charge in [-0.05, 0) is 70.7 Å². The second kappa shape index (κ2) is 8.69. The third-order valence-electron chi connectivity index (χ3n) is 5.42. The fourth-order valence-electron chi connectivity index (χ4n) is 3.71. The molecule has 3 aromatic rings. The SMILES string of the molecule is O=C(NCC1(c2cccc(Cl)c2)CCOCC1)c1ccc(-n2cc(Br)cn2)cc1. The van der Waals surface area contributed by atoms with Gasteiger partial charge in [-0.2, -0.15) is 5.10 Å². The number of nitrogens with one attached hydrogen (secondary N) is 1. The lowest BCUT2D eigenvalue weighted by atomic mass is 9.74. The van der Waals surface area contributed by atoms with Crippen molar-refractivity contribution in [2.45, 2.75) is 18.3 Å². The Morgan fingerprint density at radius 1 is 1.21 bits per heavy atom. The van der Waals surface area contributed by atoms with Crippen LogP contribution in [0.1, 0.15) is 28.8 Å². The topological polar surface area (TPSA) is 56.1 Å². The molecular formula is C22H21BrClN3O2. The maximum Gasteiger partial charge on any atom is 0.251 e. The average Bonchev–Trinajstić information content (AvgIpc) is 3.19. The van der Waals surface area contributed by atoms with Crippen molar-refractivity contribution in [2.24, 2.45) is 0 Å². The monoisotopic (exact) mass is 473 g/mol. The lowest BCUT2D eigenvalue weighted by molar-refractivity contribution is 0.0487. The number of hydrogen-bond acceptors (Lipinski definition) is 3. The van der Waals surface area contributed by atoms with Gasteiger partial charge >= 0.3 is 0 Å². The summed E-state index contributed by atoms with van der Waals surface area (Å²) in [5.74, 6) is -0.0916. The van der Waals surface area contributed by atoms with Crippen molar-refractivity contribution >= 4 is 33.4 Å². The minimum atomic E-state index is -0.167. The van der Waals surface area contributed by atoms with E-state index in [2.05, 4.69) is 32.4 Å². The largest absolute Gasteiger partial charge is 0.381 e. The molecule has 0 spiro atoms. The molecule has 2 aromatic carbocycles. The molecule has 4 rings (SSSR count). The lowest BCUT2D eigenvalue weighted by Crippen LogP contribution is -2.44. The number of nitrogens with zero attached hydrogens (tertiary/aromatic N) is 2. The zero-order chi connectivity index (χ0) is 20.3. The smallest absolute Gasteiger partial charge is 0.251 e. The Morgan fingerprint density at radius 3 is 2.62 bits per heavy atom. The Kier molecular flexibility index (Phi) is 6.04. The first-order valence-corrected chi connectivity index (χ1v) is 10.7. The molecule has 7 heteroatoms. The van der Waals surface area contributed by atoms with Crippen LogP contribution in [0.4, 0.5) is 0 Å². The first-order valence-electron chi connectivity index (χ1n) is 9.48. The Hall–Kier alpha value is -2.15. The molecule has 29 heavy (non-hydrogen) atoms. The van der Waals surface area contributed by atoms with Crippen LogP contribution >= 0.6 is 27.5 Å². The summed E-state index contributed by atoms with van der Waals surface area (Å²) in [5, 5.41) is 8.09. The third kappa shape index (κ3) is 4.55. The number of benzene rings is 2. The molecule has 0 saturated carbocycles. The number of rotatable bonds is 5. The van der Waals surface area contributed by atoms with E-state index >= 15 is 0 Å². The molecule has 0 radical (unpaired) electrons. The van der Waals surface area contributed by atoms with Gasteiger partial charge in [0.25, 0.3) is 5.91 Å². The number of hydrogen-bond donors (Lipinski definition) is 1. The first-order chi connectivity index (χ1) is 14.1. The number of ether oxygens (including phenoxy) is 1. The standard InChI is InChI=1S/C22H21BrClN3O2/c23-18-13-26-27(14-18)20-6-4-16(5-7-20)21(28)25-15-22(8-10-29-11-9-22)17-2-1-3-19(24)12-17/h1-7,12-14H,8-11,15H2,(H,25,28). The normalized spacial score (nSPS) is 15.8.